The molecule has 1 aromatic heterocycles. The summed E-state index contributed by atoms with van der Waals surface area (Å²) in [4.78, 5) is 10.4. The first kappa shape index (κ1) is 9.15. The fraction of sp³-hybridized carbons (Fsp3) is 0.286. The predicted octanol–water partition coefficient (Wildman–Crippen LogP) is 0.325. The van der Waals surface area contributed by atoms with Crippen molar-refractivity contribution in [3.05, 3.63) is 22.1 Å². The lowest BCUT2D eigenvalue weighted by molar-refractivity contribution is -0.316. The van der Waals surface area contributed by atoms with Gasteiger partial charge in [-0.25, -0.2) is 0 Å². The summed E-state index contributed by atoms with van der Waals surface area (Å²) in [6, 6.07) is 1.37. The van der Waals surface area contributed by atoms with Crippen molar-refractivity contribution in [3.63, 3.8) is 0 Å². The van der Waals surface area contributed by atoms with Crippen molar-refractivity contribution < 1.29 is 19.0 Å². The molecule has 0 saturated heterocycles. The molecule has 0 radical (unpaired) electrons. The first-order valence-electron chi connectivity index (χ1n) is 3.13. The van der Waals surface area contributed by atoms with Crippen LogP contribution < -0.4 is 5.11 Å². The number of carboxylic acids is 1. The maximum Gasteiger partial charge on any atom is 0.182 e. The summed E-state index contributed by atoms with van der Waals surface area (Å²) in [5.41, 5.74) is 0.0162. The zero-order valence-electron chi connectivity index (χ0n) is 6.24. The second-order valence-electron chi connectivity index (χ2n) is 2.08. The Morgan fingerprint density at radius 2 is 2.50 bits per heavy atom. The molecule has 0 aliphatic heterocycles. The molecule has 3 nitrogen and oxygen atoms in total. The Bertz CT molecular complexity index is 284. The van der Waals surface area contributed by atoms with Gasteiger partial charge in [0.1, 0.15) is 6.10 Å². The van der Waals surface area contributed by atoms with Gasteiger partial charge in [-0.1, -0.05) is 0 Å². The van der Waals surface area contributed by atoms with Crippen LogP contribution in [0.3, 0.4) is 0 Å². The first-order chi connectivity index (χ1) is 5.66. The van der Waals surface area contributed by atoms with Crippen molar-refractivity contribution in [1.29, 1.82) is 0 Å². The predicted molar refractivity (Wildman–Crippen MR) is 39.0 cm³/mol. The number of aliphatic carboxylic acids is 1. The monoisotopic (exact) mass is 189 g/mol. The molecule has 0 bridgehead atoms. The average Bonchev–Trinajstić information content (AvgIpc) is 2.38. The van der Waals surface area contributed by atoms with Crippen molar-refractivity contribution in [2.75, 3.05) is 7.11 Å². The Hall–Kier alpha value is -0.940. The molecule has 0 amide bonds. The van der Waals surface area contributed by atoms with E-state index in [0.717, 1.165) is 11.3 Å². The van der Waals surface area contributed by atoms with Crippen molar-refractivity contribution in [1.82, 2.24) is 0 Å². The Morgan fingerprint density at radius 3 is 2.83 bits per heavy atom. The van der Waals surface area contributed by atoms with Gasteiger partial charge in [0.25, 0.3) is 0 Å². The van der Waals surface area contributed by atoms with Gasteiger partial charge in [0.2, 0.25) is 0 Å². The summed E-state index contributed by atoms with van der Waals surface area (Å²) < 4.78 is 17.3. The lowest BCUT2D eigenvalue weighted by atomic mass is 10.2. The maximum absolute atomic E-state index is 12.8. The molecule has 0 fully saturated rings. The van der Waals surface area contributed by atoms with Crippen LogP contribution in [-0.2, 0) is 9.53 Å². The number of carbonyl (C=O) groups is 1. The molecule has 0 saturated carbocycles. The lowest BCUT2D eigenvalue weighted by Gasteiger charge is -2.14. The van der Waals surface area contributed by atoms with Crippen LogP contribution in [0, 0.1) is 5.13 Å². The zero-order valence-corrected chi connectivity index (χ0v) is 7.06. The third kappa shape index (κ3) is 1.62. The summed E-state index contributed by atoms with van der Waals surface area (Å²) in [5.74, 6) is -1.44. The van der Waals surface area contributed by atoms with Crippen molar-refractivity contribution in [2.45, 2.75) is 6.10 Å². The quantitative estimate of drug-likeness (QED) is 0.688. The van der Waals surface area contributed by atoms with E-state index in [9.17, 15) is 14.3 Å². The molecule has 1 rings (SSSR count). The van der Waals surface area contributed by atoms with Gasteiger partial charge in [-0.15, -0.1) is 11.3 Å². The lowest BCUT2D eigenvalue weighted by Crippen LogP contribution is -2.30. The van der Waals surface area contributed by atoms with E-state index in [1.165, 1.54) is 18.6 Å². The number of rotatable bonds is 3. The molecule has 5 heteroatoms. The Balaban J connectivity index is 2.94. The minimum atomic E-state index is -1.44. The van der Waals surface area contributed by atoms with E-state index in [-0.39, 0.29) is 5.56 Å². The van der Waals surface area contributed by atoms with Gasteiger partial charge in [0, 0.05) is 12.7 Å². The molecule has 0 aliphatic carbocycles. The molecule has 1 atom stereocenters. The third-order valence-corrected chi connectivity index (χ3v) is 2.09. The molecular formula is C7H6FO3S-. The SMILES string of the molecule is CO[C@@H](C(=O)[O-])c1ccsc1F. The second kappa shape index (κ2) is 3.64. The van der Waals surface area contributed by atoms with E-state index in [1.54, 1.807) is 0 Å². The van der Waals surface area contributed by atoms with Crippen LogP contribution in [0.1, 0.15) is 11.7 Å². The minimum Gasteiger partial charge on any atom is -0.547 e. The van der Waals surface area contributed by atoms with Gasteiger partial charge >= 0.3 is 0 Å². The second-order valence-corrected chi connectivity index (χ2v) is 2.95. The van der Waals surface area contributed by atoms with Crippen molar-refractivity contribution in [3.8, 4) is 0 Å². The molecule has 1 aromatic rings. The van der Waals surface area contributed by atoms with Crippen LogP contribution in [0.25, 0.3) is 0 Å². The van der Waals surface area contributed by atoms with E-state index in [1.807, 2.05) is 0 Å². The number of hydrogen-bond donors (Lipinski definition) is 0. The number of halogens is 1. The van der Waals surface area contributed by atoms with Gasteiger partial charge in [-0.05, 0) is 11.4 Å². The van der Waals surface area contributed by atoms with E-state index in [2.05, 4.69) is 4.74 Å². The smallest absolute Gasteiger partial charge is 0.182 e. The molecule has 66 valence electrons. The standard InChI is InChI=1S/C7H7FO3S/c1-11-5(7(9)10)4-2-3-12-6(4)8/h2-3,5H,1H3,(H,9,10)/p-1/t5-/m1/s1. The van der Waals surface area contributed by atoms with E-state index < -0.39 is 17.2 Å². The van der Waals surface area contributed by atoms with Gasteiger partial charge < -0.3 is 14.6 Å². The number of hydrogen-bond acceptors (Lipinski definition) is 4. The average molecular weight is 189 g/mol. The van der Waals surface area contributed by atoms with Crippen LogP contribution in [0.5, 0.6) is 0 Å². The largest absolute Gasteiger partial charge is 0.547 e. The normalized spacial score (nSPS) is 12.8. The fourth-order valence-electron chi connectivity index (χ4n) is 0.841. The van der Waals surface area contributed by atoms with Crippen LogP contribution in [0.15, 0.2) is 11.4 Å². The molecular weight excluding hydrogens is 183 g/mol. The van der Waals surface area contributed by atoms with Crippen LogP contribution in [-0.4, -0.2) is 13.1 Å². The molecule has 0 N–H and O–H groups in total. The Labute approximate surface area is 72.4 Å². The van der Waals surface area contributed by atoms with Crippen LogP contribution in [0.4, 0.5) is 4.39 Å². The summed E-state index contributed by atoms with van der Waals surface area (Å²) in [6.45, 7) is 0. The summed E-state index contributed by atoms with van der Waals surface area (Å²) in [7, 11) is 1.19. The Morgan fingerprint density at radius 1 is 1.83 bits per heavy atom. The minimum absolute atomic E-state index is 0.0162. The third-order valence-electron chi connectivity index (χ3n) is 1.38. The van der Waals surface area contributed by atoms with E-state index in [4.69, 9.17) is 0 Å². The number of thiophene rings is 1. The molecule has 0 aliphatic rings. The van der Waals surface area contributed by atoms with Gasteiger partial charge in [0.05, 0.1) is 5.97 Å². The Kier molecular flexibility index (Phi) is 2.78. The highest BCUT2D eigenvalue weighted by atomic mass is 32.1. The van der Waals surface area contributed by atoms with Gasteiger partial charge in [-0.3, -0.25) is 0 Å². The highest BCUT2D eigenvalue weighted by molar-refractivity contribution is 7.08. The highest BCUT2D eigenvalue weighted by Gasteiger charge is 2.16. The number of ether oxygens (including phenoxy) is 1. The molecule has 0 spiro atoms. The molecule has 1 heterocycles. The first-order valence-corrected chi connectivity index (χ1v) is 4.01. The van der Waals surface area contributed by atoms with Crippen molar-refractivity contribution >= 4 is 17.3 Å². The molecule has 12 heavy (non-hydrogen) atoms. The highest BCUT2D eigenvalue weighted by Crippen LogP contribution is 2.23. The van der Waals surface area contributed by atoms with E-state index >= 15 is 0 Å². The number of methoxy groups -OCH3 is 1. The van der Waals surface area contributed by atoms with Crippen LogP contribution >= 0.6 is 11.3 Å². The topological polar surface area (TPSA) is 49.4 Å². The molecule has 0 aromatic carbocycles. The zero-order chi connectivity index (χ0) is 9.14. The number of carboxylic acid groups (broad SMARTS) is 1. The summed E-state index contributed by atoms with van der Waals surface area (Å²) in [6.07, 6.45) is -1.31. The summed E-state index contributed by atoms with van der Waals surface area (Å²) >= 11 is 0.828. The number of carbonyl (C=O) groups excluding carboxylic acids is 1. The summed E-state index contributed by atoms with van der Waals surface area (Å²) in [5, 5.41) is 11.3. The van der Waals surface area contributed by atoms with Crippen molar-refractivity contribution in [2.24, 2.45) is 0 Å². The van der Waals surface area contributed by atoms with Gasteiger partial charge in [0.15, 0.2) is 5.13 Å². The molecule has 0 unspecified atom stereocenters. The fourth-order valence-corrected chi connectivity index (χ4v) is 1.49. The van der Waals surface area contributed by atoms with Gasteiger partial charge in [-0.2, -0.15) is 4.39 Å². The van der Waals surface area contributed by atoms with Crippen LogP contribution in [0.2, 0.25) is 0 Å². The maximum atomic E-state index is 12.8. The van der Waals surface area contributed by atoms with E-state index in [0.29, 0.717) is 0 Å².